The quantitative estimate of drug-likeness (QED) is 0.195. The molecule has 0 amide bonds. The SMILES string of the molecule is c1ccc(N(c2cccc3ccccc23)c2cc3c4ccc(-c5cccc6c5oc5ccccc56)cc4sc3c3ccccc23)cc1. The third-order valence-electron chi connectivity index (χ3n) is 9.44. The van der Waals surface area contributed by atoms with Gasteiger partial charge in [0.25, 0.3) is 0 Å². The maximum Gasteiger partial charge on any atom is 0.143 e. The lowest BCUT2D eigenvalue weighted by molar-refractivity contribution is 0.670. The molecular formula is C44H27NOS. The van der Waals surface area contributed by atoms with Crippen molar-refractivity contribution in [2.45, 2.75) is 0 Å². The fourth-order valence-corrected chi connectivity index (χ4v) is 8.55. The molecule has 0 N–H and O–H groups in total. The summed E-state index contributed by atoms with van der Waals surface area (Å²) in [5.41, 5.74) is 7.62. The van der Waals surface area contributed by atoms with Gasteiger partial charge in [0.1, 0.15) is 11.2 Å². The lowest BCUT2D eigenvalue weighted by Crippen LogP contribution is -2.11. The molecule has 0 atom stereocenters. The zero-order valence-electron chi connectivity index (χ0n) is 25.4. The molecule has 2 nitrogen and oxygen atoms in total. The molecule has 10 rings (SSSR count). The Labute approximate surface area is 275 Å². The van der Waals surface area contributed by atoms with E-state index in [2.05, 4.69) is 157 Å². The van der Waals surface area contributed by atoms with E-state index in [1.54, 1.807) is 0 Å². The first kappa shape index (κ1) is 26.3. The highest BCUT2D eigenvalue weighted by Crippen LogP contribution is 2.48. The maximum absolute atomic E-state index is 6.42. The average molecular weight is 618 g/mol. The summed E-state index contributed by atoms with van der Waals surface area (Å²) in [6.07, 6.45) is 0. The van der Waals surface area contributed by atoms with Crippen LogP contribution in [0, 0.1) is 0 Å². The second-order valence-electron chi connectivity index (χ2n) is 12.1. The number of nitrogens with zero attached hydrogens (tertiary/aromatic N) is 1. The Morgan fingerprint density at radius 3 is 2.04 bits per heavy atom. The van der Waals surface area contributed by atoms with Gasteiger partial charge in [0.15, 0.2) is 0 Å². The number of hydrogen-bond donors (Lipinski definition) is 0. The lowest BCUT2D eigenvalue weighted by Gasteiger charge is -2.28. The lowest BCUT2D eigenvalue weighted by atomic mass is 9.99. The van der Waals surface area contributed by atoms with E-state index in [1.165, 1.54) is 58.7 Å². The first-order valence-electron chi connectivity index (χ1n) is 15.9. The van der Waals surface area contributed by atoms with Crippen LogP contribution in [0.4, 0.5) is 17.1 Å². The van der Waals surface area contributed by atoms with E-state index in [1.807, 2.05) is 23.5 Å². The molecule has 47 heavy (non-hydrogen) atoms. The van der Waals surface area contributed by atoms with Crippen LogP contribution in [0.2, 0.25) is 0 Å². The van der Waals surface area contributed by atoms with Gasteiger partial charge in [0, 0.05) is 58.4 Å². The first-order chi connectivity index (χ1) is 23.3. The molecule has 10 aromatic rings. The second kappa shape index (κ2) is 10.3. The van der Waals surface area contributed by atoms with E-state index in [4.69, 9.17) is 4.42 Å². The van der Waals surface area contributed by atoms with Gasteiger partial charge in [-0.1, -0.05) is 127 Å². The van der Waals surface area contributed by atoms with Crippen LogP contribution in [0.25, 0.3) is 74.8 Å². The number of hydrogen-bond acceptors (Lipinski definition) is 3. The van der Waals surface area contributed by atoms with Crippen LogP contribution in [0.15, 0.2) is 168 Å². The van der Waals surface area contributed by atoms with Crippen LogP contribution in [0.5, 0.6) is 0 Å². The van der Waals surface area contributed by atoms with Gasteiger partial charge in [-0.25, -0.2) is 0 Å². The summed E-state index contributed by atoms with van der Waals surface area (Å²) in [7, 11) is 0. The number of para-hydroxylation sites is 3. The molecule has 0 aliphatic heterocycles. The summed E-state index contributed by atoms with van der Waals surface area (Å²) in [6.45, 7) is 0. The van der Waals surface area contributed by atoms with Gasteiger partial charge >= 0.3 is 0 Å². The molecule has 0 aliphatic rings. The maximum atomic E-state index is 6.42. The summed E-state index contributed by atoms with van der Waals surface area (Å²) < 4.78 is 9.00. The van der Waals surface area contributed by atoms with E-state index in [9.17, 15) is 0 Å². The van der Waals surface area contributed by atoms with Crippen LogP contribution in [0.3, 0.4) is 0 Å². The molecule has 0 bridgehead atoms. The largest absolute Gasteiger partial charge is 0.455 e. The zero-order valence-corrected chi connectivity index (χ0v) is 26.2. The Kier molecular flexibility index (Phi) is 5.78. The Bertz CT molecular complexity index is 2800. The molecule has 0 spiro atoms. The number of anilines is 3. The van der Waals surface area contributed by atoms with Crippen LogP contribution in [-0.2, 0) is 0 Å². The molecule has 0 saturated heterocycles. The number of furan rings is 1. The monoisotopic (exact) mass is 617 g/mol. The van der Waals surface area contributed by atoms with Gasteiger partial charge in [-0.2, -0.15) is 0 Å². The van der Waals surface area contributed by atoms with Crippen molar-refractivity contribution in [3.8, 4) is 11.1 Å². The number of thiophene rings is 1. The molecular weight excluding hydrogens is 591 g/mol. The van der Waals surface area contributed by atoms with Crippen LogP contribution in [0.1, 0.15) is 0 Å². The summed E-state index contributed by atoms with van der Waals surface area (Å²) in [4.78, 5) is 2.43. The molecule has 2 heterocycles. The van der Waals surface area contributed by atoms with Crippen molar-refractivity contribution in [3.63, 3.8) is 0 Å². The van der Waals surface area contributed by atoms with Gasteiger partial charge in [-0.05, 0) is 47.3 Å². The van der Waals surface area contributed by atoms with Crippen molar-refractivity contribution in [1.82, 2.24) is 0 Å². The van der Waals surface area contributed by atoms with Gasteiger partial charge in [-0.3, -0.25) is 0 Å². The van der Waals surface area contributed by atoms with E-state index < -0.39 is 0 Å². The van der Waals surface area contributed by atoms with Crippen LogP contribution >= 0.6 is 11.3 Å². The Morgan fingerprint density at radius 2 is 1.15 bits per heavy atom. The fraction of sp³-hybridized carbons (Fsp3) is 0. The van der Waals surface area contributed by atoms with Crippen LogP contribution in [-0.4, -0.2) is 0 Å². The predicted octanol–water partition coefficient (Wildman–Crippen LogP) is 13.4. The Balaban J connectivity index is 1.23. The van der Waals surface area contributed by atoms with E-state index in [0.717, 1.165) is 33.2 Å². The number of benzene rings is 8. The molecule has 220 valence electrons. The minimum absolute atomic E-state index is 0.922. The second-order valence-corrected chi connectivity index (χ2v) is 13.1. The minimum atomic E-state index is 0.922. The third kappa shape index (κ3) is 4.04. The summed E-state index contributed by atoms with van der Waals surface area (Å²) in [5, 5.41) is 9.79. The highest BCUT2D eigenvalue weighted by atomic mass is 32.1. The fourth-order valence-electron chi connectivity index (χ4n) is 7.29. The minimum Gasteiger partial charge on any atom is -0.455 e. The van der Waals surface area contributed by atoms with Crippen molar-refractivity contribution < 1.29 is 4.42 Å². The molecule has 0 radical (unpaired) electrons. The molecule has 0 aliphatic carbocycles. The number of fused-ring (bicyclic) bond motifs is 9. The smallest absolute Gasteiger partial charge is 0.143 e. The van der Waals surface area contributed by atoms with E-state index in [0.29, 0.717) is 0 Å². The van der Waals surface area contributed by atoms with Crippen molar-refractivity contribution in [2.75, 3.05) is 4.90 Å². The Morgan fingerprint density at radius 1 is 0.447 bits per heavy atom. The zero-order chi connectivity index (χ0) is 30.9. The molecule has 0 saturated carbocycles. The Hall–Kier alpha value is -5.90. The van der Waals surface area contributed by atoms with Crippen molar-refractivity contribution >= 4 is 92.1 Å². The topological polar surface area (TPSA) is 16.4 Å². The van der Waals surface area contributed by atoms with Crippen LogP contribution < -0.4 is 4.90 Å². The van der Waals surface area contributed by atoms with Crippen molar-refractivity contribution in [1.29, 1.82) is 0 Å². The highest BCUT2D eigenvalue weighted by molar-refractivity contribution is 7.26. The van der Waals surface area contributed by atoms with Crippen molar-refractivity contribution in [2.24, 2.45) is 0 Å². The molecule has 8 aromatic carbocycles. The summed E-state index contributed by atoms with van der Waals surface area (Å²) >= 11 is 1.88. The van der Waals surface area contributed by atoms with E-state index in [-0.39, 0.29) is 0 Å². The van der Waals surface area contributed by atoms with Gasteiger partial charge < -0.3 is 9.32 Å². The highest BCUT2D eigenvalue weighted by Gasteiger charge is 2.21. The molecule has 0 unspecified atom stereocenters. The van der Waals surface area contributed by atoms with Crippen molar-refractivity contribution in [3.05, 3.63) is 164 Å². The summed E-state index contributed by atoms with van der Waals surface area (Å²) in [5.74, 6) is 0. The standard InChI is InChI=1S/C44H27NOS/c1-2-14-30(15-3-1)45(39-22-10-13-28-12-4-5-16-31(28)39)40-27-38-35-25-24-29(26-42(35)47-44(38)37-19-7-6-17-33(37)40)32-20-11-21-36-34-18-8-9-23-41(34)46-43(32)36/h1-27H. The normalized spacial score (nSPS) is 11.8. The summed E-state index contributed by atoms with van der Waals surface area (Å²) in [6, 6.07) is 58.9. The van der Waals surface area contributed by atoms with Gasteiger partial charge in [0.05, 0.1) is 11.4 Å². The average Bonchev–Trinajstić information content (AvgIpc) is 3.71. The molecule has 2 aromatic heterocycles. The van der Waals surface area contributed by atoms with Gasteiger partial charge in [0.2, 0.25) is 0 Å². The number of rotatable bonds is 4. The third-order valence-corrected chi connectivity index (χ3v) is 10.6. The predicted molar refractivity (Wildman–Crippen MR) is 202 cm³/mol. The molecule has 0 fully saturated rings. The van der Waals surface area contributed by atoms with Gasteiger partial charge in [-0.15, -0.1) is 11.3 Å². The first-order valence-corrected chi connectivity index (χ1v) is 16.7. The molecule has 3 heteroatoms. The van der Waals surface area contributed by atoms with E-state index >= 15 is 0 Å².